The number of nitrogens with two attached hydrogens (primary N) is 1. The average Bonchev–Trinajstić information content (AvgIpc) is 2.80. The van der Waals surface area contributed by atoms with E-state index < -0.39 is 0 Å². The molecule has 0 bridgehead atoms. The number of para-hydroxylation sites is 2. The predicted octanol–water partition coefficient (Wildman–Crippen LogP) is 5.19. The van der Waals surface area contributed by atoms with Gasteiger partial charge < -0.3 is 15.5 Å². The summed E-state index contributed by atoms with van der Waals surface area (Å²) in [6.45, 7) is 3.92. The molecule has 2 unspecified atom stereocenters. The van der Waals surface area contributed by atoms with Crippen molar-refractivity contribution in [2.75, 3.05) is 15.5 Å². The van der Waals surface area contributed by atoms with Crippen LogP contribution in [0, 0.1) is 0 Å². The number of carbonyl (C=O) groups is 2. The first-order chi connectivity index (χ1) is 15.0. The fourth-order valence-electron chi connectivity index (χ4n) is 4.36. The van der Waals surface area contributed by atoms with E-state index in [1.54, 1.807) is 24.3 Å². The van der Waals surface area contributed by atoms with Gasteiger partial charge in [0, 0.05) is 35.1 Å². The van der Waals surface area contributed by atoms with Gasteiger partial charge in [0.25, 0.3) is 5.91 Å². The van der Waals surface area contributed by atoms with Crippen LogP contribution in [0.15, 0.2) is 78.9 Å². The summed E-state index contributed by atoms with van der Waals surface area (Å²) in [6, 6.07) is 24.4. The number of nitrogens with zero attached hydrogens (tertiary/aromatic N) is 2. The Morgan fingerprint density at radius 2 is 1.61 bits per heavy atom. The smallest absolute Gasteiger partial charge is 0.258 e. The summed E-state index contributed by atoms with van der Waals surface area (Å²) in [6.07, 6.45) is 1.06. The van der Waals surface area contributed by atoms with Gasteiger partial charge in [-0.15, -0.1) is 0 Å². The number of hydrogen-bond donors (Lipinski definition) is 1. The third-order valence-corrected chi connectivity index (χ3v) is 5.85. The molecule has 2 atom stereocenters. The molecule has 158 valence electrons. The first kappa shape index (κ1) is 20.7. The quantitative estimate of drug-likeness (QED) is 0.599. The van der Waals surface area contributed by atoms with Gasteiger partial charge in [-0.3, -0.25) is 9.59 Å². The molecule has 0 spiro atoms. The summed E-state index contributed by atoms with van der Waals surface area (Å²) in [7, 11) is 0. The monoisotopic (exact) mass is 413 g/mol. The first-order valence-electron chi connectivity index (χ1n) is 10.7. The van der Waals surface area contributed by atoms with E-state index in [2.05, 4.69) is 0 Å². The Bertz CT molecular complexity index is 1080. The maximum Gasteiger partial charge on any atom is 0.258 e. The summed E-state index contributed by atoms with van der Waals surface area (Å²) < 4.78 is 0. The second kappa shape index (κ2) is 8.64. The standard InChI is InChI=1S/C26H27N3O2/c1-3-25(30)29(21-9-5-4-6-10-21)24-17-18(2)28(23-12-8-7-11-22(23)24)26(31)19-13-15-20(27)16-14-19/h4-16,18,24H,3,17,27H2,1-2H3. The van der Waals surface area contributed by atoms with Crippen LogP contribution in [0.3, 0.4) is 0 Å². The minimum atomic E-state index is -0.142. The van der Waals surface area contributed by atoms with Crippen LogP contribution < -0.4 is 15.5 Å². The molecule has 5 nitrogen and oxygen atoms in total. The number of carbonyl (C=O) groups excluding carboxylic acids is 2. The topological polar surface area (TPSA) is 66.6 Å². The van der Waals surface area contributed by atoms with Crippen LogP contribution in [0.1, 0.15) is 48.7 Å². The van der Waals surface area contributed by atoms with E-state index in [9.17, 15) is 9.59 Å². The van der Waals surface area contributed by atoms with Gasteiger partial charge in [-0.05, 0) is 61.4 Å². The summed E-state index contributed by atoms with van der Waals surface area (Å²) >= 11 is 0. The van der Waals surface area contributed by atoms with Crippen molar-refractivity contribution in [3.8, 4) is 0 Å². The molecule has 0 aliphatic carbocycles. The summed E-state index contributed by atoms with van der Waals surface area (Å²) in [5, 5.41) is 0. The molecule has 0 fully saturated rings. The van der Waals surface area contributed by atoms with Crippen LogP contribution in [-0.4, -0.2) is 17.9 Å². The van der Waals surface area contributed by atoms with Crippen molar-refractivity contribution >= 4 is 28.9 Å². The predicted molar refractivity (Wildman–Crippen MR) is 125 cm³/mol. The lowest BCUT2D eigenvalue weighted by molar-refractivity contribution is -0.118. The van der Waals surface area contributed by atoms with E-state index in [0.717, 1.165) is 16.9 Å². The number of amides is 2. The highest BCUT2D eigenvalue weighted by Gasteiger charge is 2.38. The number of hydrogen-bond acceptors (Lipinski definition) is 3. The van der Waals surface area contributed by atoms with E-state index in [1.165, 1.54) is 0 Å². The highest BCUT2D eigenvalue weighted by atomic mass is 16.2. The Morgan fingerprint density at radius 3 is 2.29 bits per heavy atom. The van der Waals surface area contributed by atoms with Crippen LogP contribution in [0.4, 0.5) is 17.1 Å². The van der Waals surface area contributed by atoms with Crippen LogP contribution in [0.2, 0.25) is 0 Å². The second-order valence-corrected chi connectivity index (χ2v) is 7.91. The normalized spacial score (nSPS) is 17.7. The van der Waals surface area contributed by atoms with E-state index in [1.807, 2.05) is 78.2 Å². The molecule has 4 rings (SSSR count). The van der Waals surface area contributed by atoms with Crippen molar-refractivity contribution in [1.82, 2.24) is 0 Å². The fraction of sp³-hybridized carbons (Fsp3) is 0.231. The Hall–Kier alpha value is -3.60. The highest BCUT2D eigenvalue weighted by Crippen LogP contribution is 2.42. The largest absolute Gasteiger partial charge is 0.399 e. The van der Waals surface area contributed by atoms with E-state index in [0.29, 0.717) is 24.1 Å². The molecule has 31 heavy (non-hydrogen) atoms. The van der Waals surface area contributed by atoms with E-state index in [4.69, 9.17) is 5.73 Å². The molecular weight excluding hydrogens is 386 g/mol. The van der Waals surface area contributed by atoms with Crippen molar-refractivity contribution < 1.29 is 9.59 Å². The SMILES string of the molecule is CCC(=O)N(c1ccccc1)C1CC(C)N(C(=O)c2ccc(N)cc2)c2ccccc21. The molecule has 1 heterocycles. The van der Waals surface area contributed by atoms with Crippen LogP contribution in [0.5, 0.6) is 0 Å². The van der Waals surface area contributed by atoms with Crippen LogP contribution >= 0.6 is 0 Å². The molecule has 2 N–H and O–H groups in total. The van der Waals surface area contributed by atoms with Gasteiger partial charge in [0.1, 0.15) is 0 Å². The van der Waals surface area contributed by atoms with Crippen molar-refractivity contribution in [2.45, 2.75) is 38.8 Å². The third-order valence-electron chi connectivity index (χ3n) is 5.85. The van der Waals surface area contributed by atoms with Gasteiger partial charge in [0.15, 0.2) is 0 Å². The Kier molecular flexibility index (Phi) is 5.76. The zero-order valence-corrected chi connectivity index (χ0v) is 17.9. The van der Waals surface area contributed by atoms with Crippen molar-refractivity contribution in [2.24, 2.45) is 0 Å². The van der Waals surface area contributed by atoms with Crippen LogP contribution in [-0.2, 0) is 4.79 Å². The fourth-order valence-corrected chi connectivity index (χ4v) is 4.36. The van der Waals surface area contributed by atoms with E-state index in [-0.39, 0.29) is 23.9 Å². The summed E-state index contributed by atoms with van der Waals surface area (Å²) in [5.41, 5.74) is 9.72. The van der Waals surface area contributed by atoms with E-state index >= 15 is 0 Å². The van der Waals surface area contributed by atoms with Gasteiger partial charge in [0.2, 0.25) is 5.91 Å². The molecule has 3 aromatic carbocycles. The van der Waals surface area contributed by atoms with Crippen LogP contribution in [0.25, 0.3) is 0 Å². The molecule has 0 saturated heterocycles. The lowest BCUT2D eigenvalue weighted by atomic mass is 9.89. The lowest BCUT2D eigenvalue weighted by Gasteiger charge is -2.43. The number of fused-ring (bicyclic) bond motifs is 1. The van der Waals surface area contributed by atoms with Gasteiger partial charge in [-0.1, -0.05) is 43.3 Å². The maximum atomic E-state index is 13.4. The summed E-state index contributed by atoms with van der Waals surface area (Å²) in [5.74, 6) is 0.00277. The van der Waals surface area contributed by atoms with Gasteiger partial charge in [-0.25, -0.2) is 0 Å². The molecule has 2 amide bonds. The number of nitrogen functional groups attached to an aromatic ring is 1. The average molecular weight is 414 g/mol. The third kappa shape index (κ3) is 3.91. The molecule has 0 aromatic heterocycles. The summed E-state index contributed by atoms with van der Waals surface area (Å²) in [4.78, 5) is 30.2. The molecule has 0 radical (unpaired) electrons. The lowest BCUT2D eigenvalue weighted by Crippen LogP contribution is -2.47. The minimum Gasteiger partial charge on any atom is -0.399 e. The Balaban J connectivity index is 1.78. The zero-order valence-electron chi connectivity index (χ0n) is 17.9. The number of anilines is 3. The number of rotatable bonds is 4. The first-order valence-corrected chi connectivity index (χ1v) is 10.7. The number of benzene rings is 3. The molecule has 3 aromatic rings. The molecule has 5 heteroatoms. The van der Waals surface area contributed by atoms with Crippen molar-refractivity contribution in [3.63, 3.8) is 0 Å². The Morgan fingerprint density at radius 1 is 0.968 bits per heavy atom. The van der Waals surface area contributed by atoms with Gasteiger partial charge in [-0.2, -0.15) is 0 Å². The molecule has 0 saturated carbocycles. The van der Waals surface area contributed by atoms with Gasteiger partial charge in [0.05, 0.1) is 6.04 Å². The highest BCUT2D eigenvalue weighted by molar-refractivity contribution is 6.07. The molecular formula is C26H27N3O2. The zero-order chi connectivity index (χ0) is 22.0. The minimum absolute atomic E-state index is 0.0634. The van der Waals surface area contributed by atoms with Gasteiger partial charge >= 0.3 is 0 Å². The maximum absolute atomic E-state index is 13.4. The molecule has 1 aliphatic heterocycles. The molecule has 1 aliphatic rings. The Labute approximate surface area is 183 Å². The van der Waals surface area contributed by atoms with Crippen molar-refractivity contribution in [3.05, 3.63) is 90.0 Å². The second-order valence-electron chi connectivity index (χ2n) is 7.91. The van der Waals surface area contributed by atoms with Crippen molar-refractivity contribution in [1.29, 1.82) is 0 Å².